The summed E-state index contributed by atoms with van der Waals surface area (Å²) in [5.74, 6) is -5.19. The Morgan fingerprint density at radius 2 is 1.90 bits per heavy atom. The molecular formula is C16H19F2NO8RfS-2. The zero-order chi connectivity index (χ0) is 21.2. The molecule has 1 amide bonds. The van der Waals surface area contributed by atoms with Gasteiger partial charge in [-0.3, -0.25) is 14.4 Å². The summed E-state index contributed by atoms with van der Waals surface area (Å²) in [6.07, 6.45) is -0.438. The minimum Gasteiger partial charge on any atom is -0.746 e. The maximum absolute atomic E-state index is 13.3. The number of carbonyl (C=O) groups excluding carboxylic acids is 3. The predicted octanol–water partition coefficient (Wildman–Crippen LogP) is 0.262. The molecule has 1 heterocycles. The summed E-state index contributed by atoms with van der Waals surface area (Å²) in [7, 11) is -6.06. The number of fused-ring (bicyclic) bond motifs is 1. The normalized spacial score (nSPS) is 33.1. The van der Waals surface area contributed by atoms with Crippen molar-refractivity contribution in [3.63, 3.8) is 0 Å². The Kier molecular flexibility index (Phi) is 5.35. The van der Waals surface area contributed by atoms with E-state index >= 15 is 0 Å². The number of amides is 1. The van der Waals surface area contributed by atoms with Crippen LogP contribution < -0.4 is 0 Å². The first kappa shape index (κ1) is 22.5. The Bertz CT molecular complexity index is 820. The second-order valence-electron chi connectivity index (χ2n) is 7.59. The zero-order valence-corrected chi connectivity index (χ0v) is 23.1. The van der Waals surface area contributed by atoms with Crippen molar-refractivity contribution in [2.24, 2.45) is 23.7 Å². The van der Waals surface area contributed by atoms with Crippen molar-refractivity contribution in [2.75, 3.05) is 0 Å². The van der Waals surface area contributed by atoms with E-state index < -0.39 is 63.8 Å². The van der Waals surface area contributed by atoms with Crippen molar-refractivity contribution < 1.29 is 45.6 Å². The molecule has 0 aromatic carbocycles. The Morgan fingerprint density at radius 1 is 1.31 bits per heavy atom. The van der Waals surface area contributed by atoms with Gasteiger partial charge < -0.3 is 18.9 Å². The molecule has 6 unspecified atom stereocenters. The van der Waals surface area contributed by atoms with Crippen LogP contribution in [0.3, 0.4) is 0 Å². The van der Waals surface area contributed by atoms with Crippen LogP contribution in [0.15, 0.2) is 0 Å². The molecule has 3 rings (SSSR count). The first-order valence-electron chi connectivity index (χ1n) is 8.65. The van der Waals surface area contributed by atoms with Crippen LogP contribution in [0.4, 0.5) is 8.78 Å². The summed E-state index contributed by atoms with van der Waals surface area (Å²) in [4.78, 5) is 38.3. The Balaban J connectivity index is 0.00000300. The SMILES string of the molecule is CC(=O)OC1C2CC3C(C(=O)N(C(C)C)C31)C2C(=O)O[CH-]C(F)(F)S(=O)(=O)[O-].[Rf]. The number of nitrogens with zero attached hydrogens (tertiary/aromatic N) is 1. The van der Waals surface area contributed by atoms with Gasteiger partial charge in [-0.05, 0) is 26.2 Å². The molecule has 2 bridgehead atoms. The van der Waals surface area contributed by atoms with E-state index in [9.17, 15) is 36.1 Å². The summed E-state index contributed by atoms with van der Waals surface area (Å²) in [6, 6.07) is -0.652. The fourth-order valence-electron chi connectivity index (χ4n) is 4.88. The molecule has 2 saturated carbocycles. The summed E-state index contributed by atoms with van der Waals surface area (Å²) >= 11 is 0. The van der Waals surface area contributed by atoms with Gasteiger partial charge in [-0.15, -0.1) is 0 Å². The second-order valence-corrected chi connectivity index (χ2v) is 9.04. The first-order chi connectivity index (χ1) is 12.8. The first-order valence-corrected chi connectivity index (χ1v) is 10.1. The Labute approximate surface area is 160 Å². The second kappa shape index (κ2) is 6.90. The van der Waals surface area contributed by atoms with Gasteiger partial charge in [0.15, 0.2) is 0 Å². The Hall–Kier alpha value is -2.82. The van der Waals surface area contributed by atoms with Gasteiger partial charge in [-0.1, -0.05) is 6.61 Å². The van der Waals surface area contributed by atoms with Gasteiger partial charge in [-0.25, -0.2) is 17.2 Å². The van der Waals surface area contributed by atoms with Crippen molar-refractivity contribution in [3.05, 3.63) is 6.61 Å². The van der Waals surface area contributed by atoms with Crippen LogP contribution in [-0.4, -0.2) is 59.2 Å². The number of alkyl halides is 2. The molecule has 0 aromatic heterocycles. The minimum atomic E-state index is -6.06. The monoisotopic (exact) mass is 690 g/mol. The van der Waals surface area contributed by atoms with E-state index in [1.807, 2.05) is 0 Å². The molecule has 13 heteroatoms. The summed E-state index contributed by atoms with van der Waals surface area (Å²) in [5, 5.41) is -4.90. The number of esters is 2. The molecule has 9 nitrogen and oxygen atoms in total. The van der Waals surface area contributed by atoms with Crippen LogP contribution in [-0.2, 0) is 34.0 Å². The molecule has 0 N–H and O–H groups in total. The maximum atomic E-state index is 13.3. The largest absolute Gasteiger partial charge is 0.746 e. The molecule has 6 atom stereocenters. The van der Waals surface area contributed by atoms with Crippen molar-refractivity contribution in [3.8, 4) is 0 Å². The summed E-state index contributed by atoms with van der Waals surface area (Å²) in [6.45, 7) is 4.09. The molecule has 3 aliphatic rings. The number of ether oxygens (including phenoxy) is 2. The van der Waals surface area contributed by atoms with Gasteiger partial charge in [0, 0.05) is 18.9 Å². The van der Waals surface area contributed by atoms with Crippen molar-refractivity contribution >= 4 is 28.0 Å². The zero-order valence-electron chi connectivity index (χ0n) is 15.9. The summed E-state index contributed by atoms with van der Waals surface area (Å²) < 4.78 is 67.8. The quantitative estimate of drug-likeness (QED) is 0.221. The van der Waals surface area contributed by atoms with Crippen LogP contribution in [0, 0.1) is 30.3 Å². The average molecular weight is 690 g/mol. The van der Waals surface area contributed by atoms with Gasteiger partial charge in [0.25, 0.3) is 11.2 Å². The van der Waals surface area contributed by atoms with Crippen LogP contribution in [0.1, 0.15) is 27.2 Å². The average Bonchev–Trinajstić information content (AvgIpc) is 3.13. The number of halogens is 2. The third-order valence-corrected chi connectivity index (χ3v) is 6.45. The maximum Gasteiger partial charge on any atom is 0.302 e. The fourth-order valence-corrected chi connectivity index (χ4v) is 5.05. The Morgan fingerprint density at radius 3 is 2.38 bits per heavy atom. The van der Waals surface area contributed by atoms with Gasteiger partial charge in [0.05, 0.1) is 17.9 Å². The molecule has 2 aliphatic carbocycles. The smallest absolute Gasteiger partial charge is 0.302 e. The number of hydrogen-bond donors (Lipinski definition) is 0. The molecule has 29 heavy (non-hydrogen) atoms. The van der Waals surface area contributed by atoms with Gasteiger partial charge in [0.1, 0.15) is 16.2 Å². The van der Waals surface area contributed by atoms with Gasteiger partial charge in [-0.2, -0.15) is 0 Å². The molecule has 0 spiro atoms. The molecular weight excluding hydrogens is 671 g/mol. The fraction of sp³-hybridized carbons (Fsp3) is 0.750. The number of rotatable bonds is 6. The van der Waals surface area contributed by atoms with Gasteiger partial charge in [0.2, 0.25) is 5.91 Å². The van der Waals surface area contributed by atoms with E-state index in [0.717, 1.165) is 0 Å². The van der Waals surface area contributed by atoms with E-state index in [1.54, 1.807) is 13.8 Å². The molecule has 1 saturated heterocycles. The van der Waals surface area contributed by atoms with E-state index in [4.69, 9.17) is 4.74 Å². The number of carbonyl (C=O) groups is 3. The van der Waals surface area contributed by atoms with Gasteiger partial charge >= 0.3 is 5.97 Å². The molecule has 160 valence electrons. The van der Waals surface area contributed by atoms with Crippen molar-refractivity contribution in [2.45, 2.75) is 50.6 Å². The minimum absolute atomic E-state index is 0. The molecule has 0 aromatic rings. The topological polar surface area (TPSA) is 130 Å². The number of likely N-dealkylation sites (tertiary alicyclic amines) is 1. The third kappa shape index (κ3) is 3.28. The van der Waals surface area contributed by atoms with Crippen LogP contribution in [0.2, 0.25) is 0 Å². The summed E-state index contributed by atoms with van der Waals surface area (Å²) in [5.41, 5.74) is 0. The van der Waals surface area contributed by atoms with Crippen LogP contribution in [0.5, 0.6) is 0 Å². The van der Waals surface area contributed by atoms with E-state index in [-0.39, 0.29) is 17.9 Å². The standard InChI is InChI=1S/C16H20F2NO8S.Rf/c1-6(2)19-12-8-4-9(13(12)27-7(3)20)11(10(8)14(19)21)15(22)26-5-16(17,18)28(23,24)25;/h5-6,8-13H,4H2,1-3H3,(H,23,24,25);/q-1;/p-1. The molecule has 0 radical (unpaired) electrons. The van der Waals surface area contributed by atoms with E-state index in [1.165, 1.54) is 11.8 Å². The van der Waals surface area contributed by atoms with Crippen LogP contribution in [0.25, 0.3) is 0 Å². The van der Waals surface area contributed by atoms with Crippen molar-refractivity contribution in [1.29, 1.82) is 0 Å². The van der Waals surface area contributed by atoms with E-state index in [0.29, 0.717) is 6.42 Å². The predicted molar refractivity (Wildman–Crippen MR) is 84.9 cm³/mol. The number of hydrogen-bond acceptors (Lipinski definition) is 8. The third-order valence-electron chi connectivity index (χ3n) is 5.69. The molecule has 3 fully saturated rings. The van der Waals surface area contributed by atoms with Crippen molar-refractivity contribution in [1.82, 2.24) is 4.90 Å². The van der Waals surface area contributed by atoms with Crippen LogP contribution >= 0.6 is 0 Å². The van der Waals surface area contributed by atoms with E-state index in [2.05, 4.69) is 4.74 Å². The molecule has 1 aliphatic heterocycles.